The van der Waals surface area contributed by atoms with Crippen LogP contribution in [0.2, 0.25) is 5.02 Å². The standard InChI is InChI=1S/C9H12ClNO/c1-6(11)4-7-2-3-8(10)5-9(7)12/h2-3,5-6,12H,4,11H2,1H3. The molecule has 0 bridgehead atoms. The van der Waals surface area contributed by atoms with E-state index in [1.54, 1.807) is 12.1 Å². The van der Waals surface area contributed by atoms with Crippen molar-refractivity contribution in [2.24, 2.45) is 5.73 Å². The highest BCUT2D eigenvalue weighted by Gasteiger charge is 2.03. The second kappa shape index (κ2) is 3.78. The molecule has 1 aromatic carbocycles. The lowest BCUT2D eigenvalue weighted by Gasteiger charge is -2.07. The van der Waals surface area contributed by atoms with E-state index in [1.165, 1.54) is 6.07 Å². The van der Waals surface area contributed by atoms with Crippen molar-refractivity contribution in [3.8, 4) is 5.75 Å². The van der Waals surface area contributed by atoms with Gasteiger partial charge in [0.15, 0.2) is 0 Å². The monoisotopic (exact) mass is 185 g/mol. The molecule has 0 amide bonds. The fourth-order valence-electron chi connectivity index (χ4n) is 1.06. The molecule has 0 aliphatic rings. The van der Waals surface area contributed by atoms with Crippen LogP contribution in [-0.2, 0) is 6.42 Å². The van der Waals surface area contributed by atoms with Crippen LogP contribution in [0.15, 0.2) is 18.2 Å². The van der Waals surface area contributed by atoms with Gasteiger partial charge in [0.1, 0.15) is 5.75 Å². The lowest BCUT2D eigenvalue weighted by atomic mass is 10.1. The van der Waals surface area contributed by atoms with Crippen LogP contribution in [0, 0.1) is 0 Å². The molecule has 0 aromatic heterocycles. The predicted molar refractivity (Wildman–Crippen MR) is 50.5 cm³/mol. The summed E-state index contributed by atoms with van der Waals surface area (Å²) in [5, 5.41) is 9.94. The Kier molecular flexibility index (Phi) is 2.95. The van der Waals surface area contributed by atoms with Crippen LogP contribution in [0.4, 0.5) is 0 Å². The summed E-state index contributed by atoms with van der Waals surface area (Å²) in [4.78, 5) is 0. The van der Waals surface area contributed by atoms with Crippen molar-refractivity contribution in [2.75, 3.05) is 0 Å². The summed E-state index contributed by atoms with van der Waals surface area (Å²) < 4.78 is 0. The average molecular weight is 186 g/mol. The van der Waals surface area contributed by atoms with Gasteiger partial charge in [-0.15, -0.1) is 0 Å². The summed E-state index contributed by atoms with van der Waals surface area (Å²) in [7, 11) is 0. The quantitative estimate of drug-likeness (QED) is 0.740. The van der Waals surface area contributed by atoms with Crippen molar-refractivity contribution in [2.45, 2.75) is 19.4 Å². The van der Waals surface area contributed by atoms with E-state index in [1.807, 2.05) is 6.92 Å². The summed E-state index contributed by atoms with van der Waals surface area (Å²) in [5.74, 6) is 0.222. The molecule has 0 saturated carbocycles. The first-order valence-electron chi connectivity index (χ1n) is 3.82. The summed E-state index contributed by atoms with van der Waals surface area (Å²) in [6, 6.07) is 5.12. The summed E-state index contributed by atoms with van der Waals surface area (Å²) >= 11 is 5.66. The van der Waals surface area contributed by atoms with E-state index in [2.05, 4.69) is 0 Å². The Hall–Kier alpha value is -0.730. The van der Waals surface area contributed by atoms with E-state index in [0.717, 1.165) is 5.56 Å². The zero-order valence-electron chi connectivity index (χ0n) is 6.92. The van der Waals surface area contributed by atoms with Gasteiger partial charge in [-0.2, -0.15) is 0 Å². The number of phenolic OH excluding ortho intramolecular Hbond substituents is 1. The van der Waals surface area contributed by atoms with E-state index in [0.29, 0.717) is 11.4 Å². The highest BCUT2D eigenvalue weighted by Crippen LogP contribution is 2.22. The van der Waals surface area contributed by atoms with Crippen LogP contribution in [0.25, 0.3) is 0 Å². The van der Waals surface area contributed by atoms with E-state index < -0.39 is 0 Å². The first-order valence-corrected chi connectivity index (χ1v) is 4.20. The minimum atomic E-state index is 0.0528. The Labute approximate surface area is 77.0 Å². The molecule has 0 aliphatic heterocycles. The van der Waals surface area contributed by atoms with Gasteiger partial charge >= 0.3 is 0 Å². The van der Waals surface area contributed by atoms with Crippen molar-refractivity contribution in [3.05, 3.63) is 28.8 Å². The molecule has 0 saturated heterocycles. The van der Waals surface area contributed by atoms with Crippen molar-refractivity contribution in [1.82, 2.24) is 0 Å². The van der Waals surface area contributed by atoms with E-state index in [-0.39, 0.29) is 11.8 Å². The fraction of sp³-hybridized carbons (Fsp3) is 0.333. The Bertz CT molecular complexity index is 273. The smallest absolute Gasteiger partial charge is 0.120 e. The number of nitrogens with two attached hydrogens (primary N) is 1. The Balaban J connectivity index is 2.86. The molecule has 1 aromatic rings. The van der Waals surface area contributed by atoms with Crippen molar-refractivity contribution in [3.63, 3.8) is 0 Å². The van der Waals surface area contributed by atoms with Gasteiger partial charge in [0.25, 0.3) is 0 Å². The molecule has 1 atom stereocenters. The molecular formula is C9H12ClNO. The normalized spacial score (nSPS) is 12.9. The minimum Gasteiger partial charge on any atom is -0.508 e. The van der Waals surface area contributed by atoms with Gasteiger partial charge in [0.05, 0.1) is 0 Å². The molecule has 0 radical (unpaired) electrons. The third kappa shape index (κ3) is 2.40. The minimum absolute atomic E-state index is 0.0528. The average Bonchev–Trinajstić information content (AvgIpc) is 1.94. The lowest BCUT2D eigenvalue weighted by molar-refractivity contribution is 0.465. The second-order valence-corrected chi connectivity index (χ2v) is 3.39. The molecule has 0 aliphatic carbocycles. The molecule has 12 heavy (non-hydrogen) atoms. The van der Waals surface area contributed by atoms with Crippen molar-refractivity contribution < 1.29 is 5.11 Å². The van der Waals surface area contributed by atoms with Crippen molar-refractivity contribution >= 4 is 11.6 Å². The Morgan fingerprint density at radius 2 is 2.25 bits per heavy atom. The number of benzene rings is 1. The highest BCUT2D eigenvalue weighted by molar-refractivity contribution is 6.30. The van der Waals surface area contributed by atoms with Crippen molar-refractivity contribution in [1.29, 1.82) is 0 Å². The molecule has 1 rings (SSSR count). The number of halogens is 1. The molecular weight excluding hydrogens is 174 g/mol. The van der Waals surface area contributed by atoms with Crippen LogP contribution in [0.5, 0.6) is 5.75 Å². The maximum atomic E-state index is 9.40. The number of hydrogen-bond acceptors (Lipinski definition) is 2. The molecule has 3 heteroatoms. The Morgan fingerprint density at radius 3 is 2.75 bits per heavy atom. The molecule has 66 valence electrons. The molecule has 0 spiro atoms. The van der Waals surface area contributed by atoms with Crippen LogP contribution in [0.1, 0.15) is 12.5 Å². The van der Waals surface area contributed by atoms with E-state index in [4.69, 9.17) is 17.3 Å². The Morgan fingerprint density at radius 1 is 1.58 bits per heavy atom. The van der Waals surface area contributed by atoms with Gasteiger partial charge in [0.2, 0.25) is 0 Å². The van der Waals surface area contributed by atoms with Gasteiger partial charge in [-0.1, -0.05) is 17.7 Å². The van der Waals surface area contributed by atoms with Crippen LogP contribution < -0.4 is 5.73 Å². The lowest BCUT2D eigenvalue weighted by Crippen LogP contribution is -2.17. The van der Waals surface area contributed by atoms with Gasteiger partial charge in [0, 0.05) is 11.1 Å². The molecule has 0 fully saturated rings. The summed E-state index contributed by atoms with van der Waals surface area (Å²) in [6.45, 7) is 1.90. The molecule has 2 nitrogen and oxygen atoms in total. The van der Waals surface area contributed by atoms with Crippen LogP contribution in [-0.4, -0.2) is 11.1 Å². The molecule has 3 N–H and O–H groups in total. The number of hydrogen-bond donors (Lipinski definition) is 2. The maximum absolute atomic E-state index is 9.40. The van der Waals surface area contributed by atoms with Gasteiger partial charge in [-0.3, -0.25) is 0 Å². The zero-order valence-corrected chi connectivity index (χ0v) is 7.67. The van der Waals surface area contributed by atoms with Crippen LogP contribution in [0.3, 0.4) is 0 Å². The second-order valence-electron chi connectivity index (χ2n) is 2.95. The third-order valence-electron chi connectivity index (χ3n) is 1.59. The largest absolute Gasteiger partial charge is 0.508 e. The third-order valence-corrected chi connectivity index (χ3v) is 1.82. The van der Waals surface area contributed by atoms with E-state index in [9.17, 15) is 5.11 Å². The topological polar surface area (TPSA) is 46.2 Å². The van der Waals surface area contributed by atoms with E-state index >= 15 is 0 Å². The summed E-state index contributed by atoms with van der Waals surface area (Å²) in [6.07, 6.45) is 0.670. The number of rotatable bonds is 2. The maximum Gasteiger partial charge on any atom is 0.120 e. The summed E-state index contributed by atoms with van der Waals surface area (Å²) in [5.41, 5.74) is 6.43. The first-order chi connectivity index (χ1) is 5.59. The number of aromatic hydroxyl groups is 1. The first kappa shape index (κ1) is 9.36. The number of phenols is 1. The van der Waals surface area contributed by atoms with Gasteiger partial charge in [-0.25, -0.2) is 0 Å². The van der Waals surface area contributed by atoms with Crippen LogP contribution >= 0.6 is 11.6 Å². The van der Waals surface area contributed by atoms with Gasteiger partial charge < -0.3 is 10.8 Å². The predicted octanol–water partition coefficient (Wildman–Crippen LogP) is 1.94. The molecule has 0 heterocycles. The zero-order chi connectivity index (χ0) is 9.14. The fourth-order valence-corrected chi connectivity index (χ4v) is 1.22. The SMILES string of the molecule is CC(N)Cc1ccc(Cl)cc1O. The van der Waals surface area contributed by atoms with Gasteiger partial charge in [-0.05, 0) is 31.0 Å². The molecule has 1 unspecified atom stereocenters. The highest BCUT2D eigenvalue weighted by atomic mass is 35.5.